The van der Waals surface area contributed by atoms with Crippen LogP contribution in [0.15, 0.2) is 36.7 Å². The van der Waals surface area contributed by atoms with Crippen molar-refractivity contribution in [1.82, 2.24) is 15.3 Å². The summed E-state index contributed by atoms with van der Waals surface area (Å²) < 4.78 is 5.24. The van der Waals surface area contributed by atoms with Gasteiger partial charge in [-0.15, -0.1) is 0 Å². The van der Waals surface area contributed by atoms with Crippen molar-refractivity contribution in [1.29, 1.82) is 0 Å². The number of methoxy groups -OCH3 is 1. The minimum absolute atomic E-state index is 0.496. The van der Waals surface area contributed by atoms with Crippen LogP contribution in [-0.4, -0.2) is 30.2 Å². The van der Waals surface area contributed by atoms with Crippen molar-refractivity contribution in [2.45, 2.75) is 18.8 Å². The van der Waals surface area contributed by atoms with E-state index in [2.05, 4.69) is 15.3 Å². The zero-order chi connectivity index (χ0) is 13.8. The number of rotatable bonds is 3. The van der Waals surface area contributed by atoms with Crippen LogP contribution in [0.25, 0.3) is 11.3 Å². The van der Waals surface area contributed by atoms with Gasteiger partial charge in [0.05, 0.1) is 24.7 Å². The summed E-state index contributed by atoms with van der Waals surface area (Å²) in [5.74, 6) is 1.33. The number of nitrogens with zero attached hydrogens (tertiary/aromatic N) is 2. The van der Waals surface area contributed by atoms with Crippen LogP contribution >= 0.6 is 0 Å². The third-order valence-corrected chi connectivity index (χ3v) is 3.75. The lowest BCUT2D eigenvalue weighted by Gasteiger charge is -2.21. The molecular formula is C16H19N3O. The third kappa shape index (κ3) is 2.80. The lowest BCUT2D eigenvalue weighted by molar-refractivity contribution is 0.415. The molecule has 0 spiro atoms. The Bertz CT molecular complexity index is 562. The Hall–Kier alpha value is -1.94. The van der Waals surface area contributed by atoms with Gasteiger partial charge in [-0.1, -0.05) is 12.1 Å². The van der Waals surface area contributed by atoms with E-state index < -0.39 is 0 Å². The normalized spacial score (nSPS) is 18.8. The minimum atomic E-state index is 0.496. The maximum absolute atomic E-state index is 5.24. The van der Waals surface area contributed by atoms with Crippen LogP contribution in [0.4, 0.5) is 0 Å². The van der Waals surface area contributed by atoms with Gasteiger partial charge in [-0.3, -0.25) is 9.97 Å². The van der Waals surface area contributed by atoms with Gasteiger partial charge in [0, 0.05) is 24.2 Å². The van der Waals surface area contributed by atoms with Crippen LogP contribution in [0.1, 0.15) is 24.5 Å². The number of piperidine rings is 1. The lowest BCUT2D eigenvalue weighted by atomic mass is 9.96. The van der Waals surface area contributed by atoms with Crippen LogP contribution in [-0.2, 0) is 0 Å². The Morgan fingerprint density at radius 3 is 2.90 bits per heavy atom. The van der Waals surface area contributed by atoms with Gasteiger partial charge in [0.25, 0.3) is 0 Å². The molecule has 2 aromatic rings. The van der Waals surface area contributed by atoms with Crippen LogP contribution in [0, 0.1) is 0 Å². The fourth-order valence-corrected chi connectivity index (χ4v) is 2.58. The van der Waals surface area contributed by atoms with E-state index in [1.807, 2.05) is 36.7 Å². The SMILES string of the molecule is COc1cccc(-c2cnc([C@@H]3CCCNC3)cn2)c1. The molecule has 1 aliphatic rings. The summed E-state index contributed by atoms with van der Waals surface area (Å²) in [6.45, 7) is 2.12. The molecule has 0 amide bonds. The predicted molar refractivity (Wildman–Crippen MR) is 78.9 cm³/mol. The van der Waals surface area contributed by atoms with Crippen LogP contribution in [0.2, 0.25) is 0 Å². The predicted octanol–water partition coefficient (Wildman–Crippen LogP) is 2.62. The van der Waals surface area contributed by atoms with Gasteiger partial charge in [-0.05, 0) is 31.5 Å². The Balaban J connectivity index is 1.81. The van der Waals surface area contributed by atoms with Gasteiger partial charge in [-0.25, -0.2) is 0 Å². The standard InChI is InChI=1S/C16H19N3O/c1-20-14-6-2-4-12(8-14)15-10-19-16(11-18-15)13-5-3-7-17-9-13/h2,4,6,8,10-11,13,17H,3,5,7,9H2,1H3/t13-/m1/s1. The molecule has 0 unspecified atom stereocenters. The average molecular weight is 269 g/mol. The largest absolute Gasteiger partial charge is 0.497 e. The van der Waals surface area contributed by atoms with E-state index in [0.29, 0.717) is 5.92 Å². The molecule has 1 saturated heterocycles. The highest BCUT2D eigenvalue weighted by Crippen LogP contribution is 2.24. The molecule has 0 saturated carbocycles. The van der Waals surface area contributed by atoms with Crippen molar-refractivity contribution in [3.8, 4) is 17.0 Å². The van der Waals surface area contributed by atoms with Crippen LogP contribution in [0.5, 0.6) is 5.75 Å². The monoisotopic (exact) mass is 269 g/mol. The first kappa shape index (κ1) is 13.1. The van der Waals surface area contributed by atoms with Gasteiger partial charge in [0.2, 0.25) is 0 Å². The molecular weight excluding hydrogens is 250 g/mol. The van der Waals surface area contributed by atoms with E-state index in [0.717, 1.165) is 35.8 Å². The number of ether oxygens (including phenoxy) is 1. The first-order valence-corrected chi connectivity index (χ1v) is 7.04. The molecule has 1 fully saturated rings. The molecule has 4 heteroatoms. The molecule has 0 aliphatic carbocycles. The van der Waals surface area contributed by atoms with Crippen LogP contribution in [0.3, 0.4) is 0 Å². The van der Waals surface area contributed by atoms with Gasteiger partial charge in [0.15, 0.2) is 0 Å². The summed E-state index contributed by atoms with van der Waals surface area (Å²) in [5.41, 5.74) is 3.01. The van der Waals surface area contributed by atoms with Gasteiger partial charge in [0.1, 0.15) is 5.75 Å². The minimum Gasteiger partial charge on any atom is -0.497 e. The zero-order valence-electron chi connectivity index (χ0n) is 11.7. The van der Waals surface area contributed by atoms with Crippen molar-refractivity contribution >= 4 is 0 Å². The molecule has 0 radical (unpaired) electrons. The van der Waals surface area contributed by atoms with Crippen molar-refractivity contribution in [3.63, 3.8) is 0 Å². The molecule has 4 nitrogen and oxygen atoms in total. The topological polar surface area (TPSA) is 47.0 Å². The fourth-order valence-electron chi connectivity index (χ4n) is 2.58. The molecule has 2 heterocycles. The van der Waals surface area contributed by atoms with E-state index in [1.165, 1.54) is 12.8 Å². The fraction of sp³-hybridized carbons (Fsp3) is 0.375. The first-order valence-electron chi connectivity index (χ1n) is 7.04. The Morgan fingerprint density at radius 1 is 1.25 bits per heavy atom. The zero-order valence-corrected chi connectivity index (χ0v) is 11.7. The second-order valence-corrected chi connectivity index (χ2v) is 5.10. The first-order chi connectivity index (χ1) is 9.86. The van der Waals surface area contributed by atoms with Gasteiger partial charge < -0.3 is 10.1 Å². The Kier molecular flexibility index (Phi) is 3.92. The van der Waals surface area contributed by atoms with E-state index in [1.54, 1.807) is 7.11 Å². The Labute approximate surface area is 119 Å². The molecule has 0 bridgehead atoms. The second-order valence-electron chi connectivity index (χ2n) is 5.10. The van der Waals surface area contributed by atoms with E-state index in [9.17, 15) is 0 Å². The van der Waals surface area contributed by atoms with E-state index in [4.69, 9.17) is 4.74 Å². The summed E-state index contributed by atoms with van der Waals surface area (Å²) >= 11 is 0. The maximum Gasteiger partial charge on any atom is 0.119 e. The average Bonchev–Trinajstić information content (AvgIpc) is 2.56. The number of hydrogen-bond acceptors (Lipinski definition) is 4. The molecule has 1 aromatic carbocycles. The van der Waals surface area contributed by atoms with Crippen molar-refractivity contribution in [2.24, 2.45) is 0 Å². The number of hydrogen-bond donors (Lipinski definition) is 1. The molecule has 3 rings (SSSR count). The third-order valence-electron chi connectivity index (χ3n) is 3.75. The highest BCUT2D eigenvalue weighted by molar-refractivity contribution is 5.60. The second kappa shape index (κ2) is 6.01. The van der Waals surface area contributed by atoms with E-state index >= 15 is 0 Å². The molecule has 1 aliphatic heterocycles. The molecule has 104 valence electrons. The summed E-state index contributed by atoms with van der Waals surface area (Å²) in [6, 6.07) is 7.90. The lowest BCUT2D eigenvalue weighted by Crippen LogP contribution is -2.28. The summed E-state index contributed by atoms with van der Waals surface area (Å²) in [7, 11) is 1.67. The van der Waals surface area contributed by atoms with Crippen molar-refractivity contribution in [2.75, 3.05) is 20.2 Å². The van der Waals surface area contributed by atoms with Gasteiger partial charge in [-0.2, -0.15) is 0 Å². The highest BCUT2D eigenvalue weighted by atomic mass is 16.5. The Morgan fingerprint density at radius 2 is 2.20 bits per heavy atom. The van der Waals surface area contributed by atoms with E-state index in [-0.39, 0.29) is 0 Å². The van der Waals surface area contributed by atoms with Gasteiger partial charge >= 0.3 is 0 Å². The van der Waals surface area contributed by atoms with Crippen LogP contribution < -0.4 is 10.1 Å². The summed E-state index contributed by atoms with van der Waals surface area (Å²) in [5, 5.41) is 3.41. The quantitative estimate of drug-likeness (QED) is 0.930. The maximum atomic E-state index is 5.24. The van der Waals surface area contributed by atoms with Crippen molar-refractivity contribution in [3.05, 3.63) is 42.4 Å². The number of aromatic nitrogens is 2. The highest BCUT2D eigenvalue weighted by Gasteiger charge is 2.16. The smallest absolute Gasteiger partial charge is 0.119 e. The molecule has 1 N–H and O–H groups in total. The summed E-state index contributed by atoms with van der Waals surface area (Å²) in [6.07, 6.45) is 6.18. The molecule has 1 aromatic heterocycles. The molecule has 20 heavy (non-hydrogen) atoms. The molecule has 1 atom stereocenters. The van der Waals surface area contributed by atoms with Crippen molar-refractivity contribution < 1.29 is 4.74 Å². The number of nitrogens with one attached hydrogen (secondary N) is 1. The summed E-state index contributed by atoms with van der Waals surface area (Å²) in [4.78, 5) is 9.14. The number of benzene rings is 1.